The lowest BCUT2D eigenvalue weighted by Crippen LogP contribution is -2.29. The molecule has 0 unspecified atom stereocenters. The fourth-order valence-electron chi connectivity index (χ4n) is 3.63. The second-order valence-electron chi connectivity index (χ2n) is 7.15. The topological polar surface area (TPSA) is 87.2 Å². The van der Waals surface area contributed by atoms with E-state index in [0.29, 0.717) is 23.1 Å². The maximum absolute atomic E-state index is 12.8. The van der Waals surface area contributed by atoms with Gasteiger partial charge in [-0.15, -0.1) is 0 Å². The van der Waals surface area contributed by atoms with Crippen LogP contribution >= 0.6 is 0 Å². The first kappa shape index (κ1) is 19.6. The third-order valence-corrected chi connectivity index (χ3v) is 6.54. The van der Waals surface area contributed by atoms with Crippen LogP contribution in [-0.4, -0.2) is 44.6 Å². The van der Waals surface area contributed by atoms with Crippen molar-refractivity contribution in [2.75, 3.05) is 36.4 Å². The van der Waals surface area contributed by atoms with Crippen LogP contribution < -0.4 is 14.9 Å². The van der Waals surface area contributed by atoms with Gasteiger partial charge in [0.05, 0.1) is 4.90 Å². The van der Waals surface area contributed by atoms with Crippen LogP contribution in [0.5, 0.6) is 0 Å². The zero-order chi connectivity index (χ0) is 20.3. The Bertz CT molecular complexity index is 1110. The molecule has 0 saturated carbocycles. The molecule has 0 aliphatic carbocycles. The Balaban J connectivity index is 1.40. The molecule has 0 radical (unpaired) electrons. The van der Waals surface area contributed by atoms with Gasteiger partial charge in [0, 0.05) is 37.6 Å². The minimum Gasteiger partial charge on any atom is -0.369 e. The highest BCUT2D eigenvalue weighted by Gasteiger charge is 2.17. The Morgan fingerprint density at radius 1 is 1.00 bits per heavy atom. The molecule has 1 aliphatic rings. The number of nitrogens with zero attached hydrogens (tertiary/aromatic N) is 3. The second-order valence-corrected chi connectivity index (χ2v) is 8.89. The highest BCUT2D eigenvalue weighted by Crippen LogP contribution is 2.23. The zero-order valence-corrected chi connectivity index (χ0v) is 17.2. The predicted molar refractivity (Wildman–Crippen MR) is 116 cm³/mol. The first-order valence-electron chi connectivity index (χ1n) is 9.85. The number of rotatable bonds is 7. The average molecular weight is 412 g/mol. The summed E-state index contributed by atoms with van der Waals surface area (Å²) in [6.45, 7) is 4.59. The van der Waals surface area contributed by atoms with E-state index in [1.807, 2.05) is 43.3 Å². The lowest BCUT2D eigenvalue weighted by molar-refractivity contribution is 0.584. The molecule has 2 heterocycles. The van der Waals surface area contributed by atoms with Crippen molar-refractivity contribution in [1.29, 1.82) is 0 Å². The molecule has 7 nitrogen and oxygen atoms in total. The lowest BCUT2D eigenvalue weighted by atomic mass is 10.1. The van der Waals surface area contributed by atoms with Gasteiger partial charge in [0.2, 0.25) is 10.0 Å². The molecule has 152 valence electrons. The van der Waals surface area contributed by atoms with Crippen LogP contribution in [0.2, 0.25) is 0 Å². The summed E-state index contributed by atoms with van der Waals surface area (Å²) < 4.78 is 28.2. The van der Waals surface area contributed by atoms with Crippen molar-refractivity contribution in [3.63, 3.8) is 0 Å². The van der Waals surface area contributed by atoms with Gasteiger partial charge in [-0.2, -0.15) is 0 Å². The van der Waals surface area contributed by atoms with Crippen molar-refractivity contribution in [3.8, 4) is 0 Å². The minimum atomic E-state index is -3.60. The van der Waals surface area contributed by atoms with Crippen LogP contribution in [0.15, 0.2) is 53.4 Å². The smallest absolute Gasteiger partial charge is 0.241 e. The van der Waals surface area contributed by atoms with Gasteiger partial charge in [0.1, 0.15) is 17.5 Å². The molecule has 0 bridgehead atoms. The monoisotopic (exact) mass is 411 g/mol. The van der Waals surface area contributed by atoms with Gasteiger partial charge in [0.25, 0.3) is 0 Å². The van der Waals surface area contributed by atoms with Crippen LogP contribution in [0.1, 0.15) is 18.7 Å². The van der Waals surface area contributed by atoms with Crippen LogP contribution in [0.25, 0.3) is 10.8 Å². The molecule has 4 rings (SSSR count). The molecule has 1 fully saturated rings. The summed E-state index contributed by atoms with van der Waals surface area (Å²) in [7, 11) is -3.60. The molecule has 1 aromatic heterocycles. The molecule has 8 heteroatoms. The minimum absolute atomic E-state index is 0.258. The molecule has 0 amide bonds. The first-order chi connectivity index (χ1) is 14.0. The number of anilines is 2. The summed E-state index contributed by atoms with van der Waals surface area (Å²) >= 11 is 0. The Kier molecular flexibility index (Phi) is 5.64. The highest BCUT2D eigenvalue weighted by atomic mass is 32.2. The second kappa shape index (κ2) is 8.34. The average Bonchev–Trinajstić information content (AvgIpc) is 3.25. The zero-order valence-electron chi connectivity index (χ0n) is 16.4. The van der Waals surface area contributed by atoms with E-state index >= 15 is 0 Å². The van der Waals surface area contributed by atoms with Gasteiger partial charge in [-0.3, -0.25) is 0 Å². The lowest BCUT2D eigenvalue weighted by Gasteiger charge is -2.18. The third-order valence-electron chi connectivity index (χ3n) is 5.02. The Morgan fingerprint density at radius 2 is 1.76 bits per heavy atom. The SMILES string of the molecule is Cc1nc(NCCNS(=O)(=O)c2cccc3ccccc23)cc(N2CCCC2)n1. The van der Waals surface area contributed by atoms with Crippen LogP contribution in [0.3, 0.4) is 0 Å². The molecule has 2 aromatic carbocycles. The Morgan fingerprint density at radius 3 is 2.59 bits per heavy atom. The summed E-state index contributed by atoms with van der Waals surface area (Å²) in [4.78, 5) is 11.5. The molecule has 3 aromatic rings. The van der Waals surface area contributed by atoms with E-state index in [-0.39, 0.29) is 6.54 Å². The fraction of sp³-hybridized carbons (Fsp3) is 0.333. The number of nitrogens with one attached hydrogen (secondary N) is 2. The molecular weight excluding hydrogens is 386 g/mol. The van der Waals surface area contributed by atoms with Gasteiger partial charge in [-0.05, 0) is 31.2 Å². The summed E-state index contributed by atoms with van der Waals surface area (Å²) in [6, 6.07) is 14.7. The van der Waals surface area contributed by atoms with Crippen LogP contribution in [0.4, 0.5) is 11.6 Å². The van der Waals surface area contributed by atoms with Gasteiger partial charge >= 0.3 is 0 Å². The van der Waals surface area contributed by atoms with Crippen molar-refractivity contribution >= 4 is 32.4 Å². The molecule has 0 spiro atoms. The van der Waals surface area contributed by atoms with Gasteiger partial charge in [-0.25, -0.2) is 23.1 Å². The largest absolute Gasteiger partial charge is 0.369 e. The Labute approximate surface area is 171 Å². The summed E-state index contributed by atoms with van der Waals surface area (Å²) in [5.41, 5.74) is 0. The standard InChI is InChI=1S/C21H25N5O2S/c1-16-24-20(15-21(25-16)26-13-4-5-14-26)22-11-12-23-29(27,28)19-10-6-8-17-7-2-3-9-18(17)19/h2-3,6-10,15,23H,4-5,11-14H2,1H3,(H,22,24,25). The molecule has 0 atom stereocenters. The number of fused-ring (bicyclic) bond motifs is 1. The fourth-order valence-corrected chi connectivity index (χ4v) is 4.89. The molecule has 1 saturated heterocycles. The van der Waals surface area contributed by atoms with Crippen molar-refractivity contribution in [3.05, 3.63) is 54.4 Å². The number of sulfonamides is 1. The molecule has 29 heavy (non-hydrogen) atoms. The van der Waals surface area contributed by atoms with E-state index in [1.165, 1.54) is 12.8 Å². The van der Waals surface area contributed by atoms with E-state index < -0.39 is 10.0 Å². The van der Waals surface area contributed by atoms with Gasteiger partial charge < -0.3 is 10.2 Å². The van der Waals surface area contributed by atoms with Gasteiger partial charge in [0.15, 0.2) is 0 Å². The van der Waals surface area contributed by atoms with Crippen molar-refractivity contribution in [2.45, 2.75) is 24.7 Å². The molecule has 1 aliphatic heterocycles. The first-order valence-corrected chi connectivity index (χ1v) is 11.3. The highest BCUT2D eigenvalue weighted by molar-refractivity contribution is 7.89. The summed E-state index contributed by atoms with van der Waals surface area (Å²) in [5.74, 6) is 2.34. The van der Waals surface area contributed by atoms with Crippen molar-refractivity contribution in [2.24, 2.45) is 0 Å². The predicted octanol–water partition coefficient (Wildman–Crippen LogP) is 2.93. The van der Waals surface area contributed by atoms with E-state index in [4.69, 9.17) is 0 Å². The van der Waals surface area contributed by atoms with Crippen molar-refractivity contribution < 1.29 is 8.42 Å². The third kappa shape index (κ3) is 4.49. The van der Waals surface area contributed by atoms with E-state index in [1.54, 1.807) is 12.1 Å². The number of aryl methyl sites for hydroxylation is 1. The number of aromatic nitrogens is 2. The number of benzene rings is 2. The molecule has 2 N–H and O–H groups in total. The summed E-state index contributed by atoms with van der Waals surface area (Å²) in [6.07, 6.45) is 2.36. The normalized spacial score (nSPS) is 14.4. The molecular formula is C21H25N5O2S. The van der Waals surface area contributed by atoms with E-state index in [2.05, 4.69) is 24.9 Å². The number of hydrogen-bond donors (Lipinski definition) is 2. The maximum atomic E-state index is 12.8. The Hall–Kier alpha value is -2.71. The maximum Gasteiger partial charge on any atom is 0.241 e. The van der Waals surface area contributed by atoms with Crippen LogP contribution in [-0.2, 0) is 10.0 Å². The number of hydrogen-bond acceptors (Lipinski definition) is 6. The van der Waals surface area contributed by atoms with Gasteiger partial charge in [-0.1, -0.05) is 36.4 Å². The summed E-state index contributed by atoms with van der Waals surface area (Å²) in [5, 5.41) is 4.83. The van der Waals surface area contributed by atoms with Crippen LogP contribution in [0, 0.1) is 6.92 Å². The van der Waals surface area contributed by atoms with E-state index in [0.717, 1.165) is 29.7 Å². The van der Waals surface area contributed by atoms with E-state index in [9.17, 15) is 8.42 Å². The quantitative estimate of drug-likeness (QED) is 0.582. The van der Waals surface area contributed by atoms with Crippen molar-refractivity contribution in [1.82, 2.24) is 14.7 Å².